The maximum Gasteiger partial charge on any atom is 0.126 e. The van der Waals surface area contributed by atoms with Gasteiger partial charge in [-0.1, -0.05) is 6.92 Å². The fourth-order valence-corrected chi connectivity index (χ4v) is 3.36. The zero-order chi connectivity index (χ0) is 14.5. The number of carboxylic acids is 1. The molecule has 106 valence electrons. The van der Waals surface area contributed by atoms with E-state index in [1.165, 1.54) is 0 Å². The summed E-state index contributed by atoms with van der Waals surface area (Å²) in [5, 5.41) is 11.7. The van der Waals surface area contributed by atoms with Gasteiger partial charge in [0.2, 0.25) is 0 Å². The highest BCUT2D eigenvalue weighted by Crippen LogP contribution is 2.37. The van der Waals surface area contributed by atoms with Crippen LogP contribution in [0.4, 0.5) is 5.69 Å². The molecule has 0 radical (unpaired) electrons. The van der Waals surface area contributed by atoms with Crippen LogP contribution >= 0.6 is 11.3 Å². The molecule has 0 saturated carbocycles. The normalized spacial score (nSPS) is 21.9. The van der Waals surface area contributed by atoms with Gasteiger partial charge in [0.1, 0.15) is 4.83 Å². The number of nitrogen functional groups attached to an aromatic ring is 1. The number of hydrogen-bond acceptors (Lipinski definition) is 6. The molecule has 1 atom stereocenters. The summed E-state index contributed by atoms with van der Waals surface area (Å²) in [7, 11) is 0. The molecule has 0 unspecified atom stereocenters. The Morgan fingerprint density at radius 1 is 1.65 bits per heavy atom. The molecule has 0 fully saturated rings. The lowest BCUT2D eigenvalue weighted by Gasteiger charge is -2.33. The molecule has 2 aromatic heterocycles. The lowest BCUT2D eigenvalue weighted by Crippen LogP contribution is -2.35. The van der Waals surface area contributed by atoms with Crippen molar-refractivity contribution in [3.05, 3.63) is 22.2 Å². The van der Waals surface area contributed by atoms with Crippen LogP contribution in [0.15, 0.2) is 6.07 Å². The minimum Gasteiger partial charge on any atom is -0.544 e. The Bertz CT molecular complexity index is 710. The monoisotopic (exact) mass is 291 g/mol. The average molecular weight is 291 g/mol. The molecule has 0 spiro atoms. The molecule has 0 amide bonds. The van der Waals surface area contributed by atoms with Crippen LogP contribution in [0.25, 0.3) is 10.2 Å². The van der Waals surface area contributed by atoms with Crippen molar-refractivity contribution in [2.24, 2.45) is 0 Å². The Morgan fingerprint density at radius 3 is 3.05 bits per heavy atom. The van der Waals surface area contributed by atoms with E-state index in [2.05, 4.69) is 18.8 Å². The van der Waals surface area contributed by atoms with E-state index in [0.29, 0.717) is 16.8 Å². The van der Waals surface area contributed by atoms with Gasteiger partial charge in [0, 0.05) is 17.4 Å². The predicted molar refractivity (Wildman–Crippen MR) is 75.6 cm³/mol. The molecule has 3 rings (SSSR count). The van der Waals surface area contributed by atoms with Gasteiger partial charge in [0.25, 0.3) is 0 Å². The van der Waals surface area contributed by atoms with Crippen molar-refractivity contribution in [1.82, 2.24) is 4.98 Å². The number of aromatic carboxylic acids is 1. The van der Waals surface area contributed by atoms with Crippen molar-refractivity contribution in [2.75, 3.05) is 5.73 Å². The molecule has 0 aromatic carbocycles. The van der Waals surface area contributed by atoms with Gasteiger partial charge in [-0.15, -0.1) is 11.3 Å². The quantitative estimate of drug-likeness (QED) is 0.905. The SMILES string of the molecule is CC[C@@]1(C)Cc2nc3sc(C(=O)[O-])c(N)c3cc2CO1. The van der Waals surface area contributed by atoms with Gasteiger partial charge in [-0.25, -0.2) is 4.98 Å². The van der Waals surface area contributed by atoms with Gasteiger partial charge in [0.15, 0.2) is 0 Å². The van der Waals surface area contributed by atoms with E-state index in [1.54, 1.807) is 0 Å². The number of pyridine rings is 1. The van der Waals surface area contributed by atoms with Crippen molar-refractivity contribution >= 4 is 33.2 Å². The number of fused-ring (bicyclic) bond motifs is 2. The Labute approximate surface area is 120 Å². The number of carboxylic acid groups (broad SMARTS) is 1. The number of hydrogen-bond donors (Lipinski definition) is 1. The molecule has 0 aliphatic carbocycles. The highest BCUT2D eigenvalue weighted by Gasteiger charge is 2.30. The van der Waals surface area contributed by atoms with E-state index in [0.717, 1.165) is 35.4 Å². The second-order valence-corrected chi connectivity index (χ2v) is 6.35. The first-order chi connectivity index (χ1) is 9.43. The fourth-order valence-electron chi connectivity index (χ4n) is 2.43. The van der Waals surface area contributed by atoms with Crippen LogP contribution in [-0.4, -0.2) is 16.6 Å². The zero-order valence-corrected chi connectivity index (χ0v) is 12.2. The molecule has 3 heterocycles. The lowest BCUT2D eigenvalue weighted by atomic mass is 9.91. The molecular weight excluding hydrogens is 276 g/mol. The molecule has 1 aliphatic heterocycles. The topological polar surface area (TPSA) is 88.3 Å². The standard InChI is InChI=1S/C14H16N2O3S/c1-3-14(2)5-9-7(6-19-14)4-8-10(15)11(13(17)18)20-12(8)16-9/h4H,3,5-6,15H2,1-2H3,(H,17,18)/p-1/t14-/m0/s1. The molecule has 5 nitrogen and oxygen atoms in total. The third-order valence-corrected chi connectivity index (χ3v) is 5.04. The zero-order valence-electron chi connectivity index (χ0n) is 11.4. The summed E-state index contributed by atoms with van der Waals surface area (Å²) >= 11 is 1.07. The summed E-state index contributed by atoms with van der Waals surface area (Å²) in [5.41, 5.74) is 7.86. The van der Waals surface area contributed by atoms with Crippen LogP contribution in [0.5, 0.6) is 0 Å². The number of carbonyl (C=O) groups excluding carboxylic acids is 1. The molecule has 1 aliphatic rings. The van der Waals surface area contributed by atoms with E-state index in [4.69, 9.17) is 10.5 Å². The number of ether oxygens (including phenoxy) is 1. The second-order valence-electron chi connectivity index (χ2n) is 5.35. The van der Waals surface area contributed by atoms with Crippen LogP contribution in [0.2, 0.25) is 0 Å². The Morgan fingerprint density at radius 2 is 2.40 bits per heavy atom. The van der Waals surface area contributed by atoms with Gasteiger partial charge < -0.3 is 20.4 Å². The van der Waals surface area contributed by atoms with Gasteiger partial charge in [0.05, 0.1) is 34.4 Å². The van der Waals surface area contributed by atoms with Crippen LogP contribution in [0.1, 0.15) is 41.2 Å². The van der Waals surface area contributed by atoms with Gasteiger partial charge >= 0.3 is 0 Å². The molecule has 2 aromatic rings. The van der Waals surface area contributed by atoms with Gasteiger partial charge in [-0.3, -0.25) is 0 Å². The Hall–Kier alpha value is -1.66. The second kappa shape index (κ2) is 4.43. The smallest absolute Gasteiger partial charge is 0.126 e. The van der Waals surface area contributed by atoms with Gasteiger partial charge in [-0.2, -0.15) is 0 Å². The number of nitrogens with two attached hydrogens (primary N) is 1. The van der Waals surface area contributed by atoms with Crippen LogP contribution in [0.3, 0.4) is 0 Å². The number of aromatic nitrogens is 1. The summed E-state index contributed by atoms with van der Waals surface area (Å²) in [6.45, 7) is 4.64. The van der Waals surface area contributed by atoms with Crippen LogP contribution in [0, 0.1) is 0 Å². The van der Waals surface area contributed by atoms with Crippen molar-refractivity contribution in [2.45, 2.75) is 38.9 Å². The number of thiophene rings is 1. The van der Waals surface area contributed by atoms with E-state index in [9.17, 15) is 9.90 Å². The molecule has 2 N–H and O–H groups in total. The van der Waals surface area contributed by atoms with E-state index >= 15 is 0 Å². The summed E-state index contributed by atoms with van der Waals surface area (Å²) in [4.78, 5) is 16.3. The summed E-state index contributed by atoms with van der Waals surface area (Å²) in [5.74, 6) is -1.25. The molecule has 20 heavy (non-hydrogen) atoms. The maximum atomic E-state index is 11.0. The Kier molecular flexibility index (Phi) is 2.95. The fraction of sp³-hybridized carbons (Fsp3) is 0.429. The average Bonchev–Trinajstić information content (AvgIpc) is 2.73. The predicted octanol–water partition coefficient (Wildman–Crippen LogP) is 1.48. The van der Waals surface area contributed by atoms with Crippen molar-refractivity contribution in [1.29, 1.82) is 0 Å². The molecule has 6 heteroatoms. The van der Waals surface area contributed by atoms with Crippen molar-refractivity contribution < 1.29 is 14.6 Å². The van der Waals surface area contributed by atoms with Crippen molar-refractivity contribution in [3.8, 4) is 0 Å². The van der Waals surface area contributed by atoms with Gasteiger partial charge in [-0.05, 0) is 19.4 Å². The van der Waals surface area contributed by atoms with E-state index in [-0.39, 0.29) is 16.2 Å². The van der Waals surface area contributed by atoms with Crippen molar-refractivity contribution in [3.63, 3.8) is 0 Å². The number of anilines is 1. The largest absolute Gasteiger partial charge is 0.544 e. The van der Waals surface area contributed by atoms with Crippen LogP contribution < -0.4 is 10.8 Å². The summed E-state index contributed by atoms with van der Waals surface area (Å²) in [6.07, 6.45) is 1.64. The first-order valence-electron chi connectivity index (χ1n) is 6.49. The van der Waals surface area contributed by atoms with E-state index in [1.807, 2.05) is 6.07 Å². The first kappa shape index (κ1) is 13.3. The first-order valence-corrected chi connectivity index (χ1v) is 7.31. The minimum absolute atomic E-state index is 0.0500. The number of rotatable bonds is 2. The summed E-state index contributed by atoms with van der Waals surface area (Å²) in [6, 6.07) is 1.89. The maximum absolute atomic E-state index is 11.0. The number of nitrogens with zero attached hydrogens (tertiary/aromatic N) is 1. The third kappa shape index (κ3) is 1.96. The number of carbonyl (C=O) groups is 1. The van der Waals surface area contributed by atoms with E-state index < -0.39 is 5.97 Å². The molecular formula is C14H15N2O3S-. The minimum atomic E-state index is -1.25. The molecule has 0 saturated heterocycles. The third-order valence-electron chi connectivity index (χ3n) is 3.94. The summed E-state index contributed by atoms with van der Waals surface area (Å²) < 4.78 is 5.88. The molecule has 0 bridgehead atoms. The highest BCUT2D eigenvalue weighted by molar-refractivity contribution is 7.21. The Balaban J connectivity index is 2.15. The lowest BCUT2D eigenvalue weighted by molar-refractivity contribution is -0.254. The van der Waals surface area contributed by atoms with Crippen LogP contribution in [-0.2, 0) is 17.8 Å². The highest BCUT2D eigenvalue weighted by atomic mass is 32.1.